The van der Waals surface area contributed by atoms with Gasteiger partial charge >= 0.3 is 0 Å². The van der Waals surface area contributed by atoms with Crippen LogP contribution in [-0.4, -0.2) is 17.6 Å². The highest BCUT2D eigenvalue weighted by molar-refractivity contribution is 8.03. The number of halogens is 1. The molecule has 2 N–H and O–H groups in total. The van der Waals surface area contributed by atoms with Gasteiger partial charge < -0.3 is 15.1 Å². The van der Waals surface area contributed by atoms with E-state index >= 15 is 0 Å². The van der Waals surface area contributed by atoms with Crippen molar-refractivity contribution in [2.45, 2.75) is 19.3 Å². The van der Waals surface area contributed by atoms with Crippen molar-refractivity contribution in [3.8, 4) is 6.07 Å². The van der Waals surface area contributed by atoms with Crippen LogP contribution in [0.4, 0.5) is 5.69 Å². The Morgan fingerprint density at radius 2 is 2.30 bits per heavy atom. The third kappa shape index (κ3) is 4.54. The molecule has 0 fully saturated rings. The number of amides is 2. The molecule has 0 aliphatic carbocycles. The third-order valence-corrected chi connectivity index (χ3v) is 5.47. The van der Waals surface area contributed by atoms with Crippen LogP contribution in [-0.2, 0) is 9.59 Å². The highest BCUT2D eigenvalue weighted by atomic mass is 35.5. The number of carbonyl (C=O) groups excluding carboxylic acids is 2. The predicted molar refractivity (Wildman–Crippen MR) is 104 cm³/mol. The van der Waals surface area contributed by atoms with Crippen molar-refractivity contribution < 1.29 is 14.0 Å². The Morgan fingerprint density at radius 3 is 2.96 bits per heavy atom. The molecule has 138 valence electrons. The van der Waals surface area contributed by atoms with Crippen LogP contribution in [0.5, 0.6) is 0 Å². The molecule has 2 amide bonds. The van der Waals surface area contributed by atoms with Gasteiger partial charge in [0.1, 0.15) is 5.76 Å². The monoisotopic (exact) mass is 401 g/mol. The number of anilines is 1. The minimum atomic E-state index is -0.444. The minimum Gasteiger partial charge on any atom is -0.469 e. The van der Waals surface area contributed by atoms with Crippen LogP contribution < -0.4 is 10.6 Å². The topological polar surface area (TPSA) is 95.1 Å². The van der Waals surface area contributed by atoms with Gasteiger partial charge in [0.05, 0.1) is 34.6 Å². The molecule has 8 heteroatoms. The number of nitrogens with zero attached hydrogens (tertiary/aromatic N) is 1. The molecular weight excluding hydrogens is 386 g/mol. The normalized spacial score (nSPS) is 16.6. The van der Waals surface area contributed by atoms with Gasteiger partial charge in [0.25, 0.3) is 0 Å². The molecule has 3 rings (SSSR count). The Bertz CT molecular complexity index is 948. The summed E-state index contributed by atoms with van der Waals surface area (Å²) >= 11 is 7.17. The van der Waals surface area contributed by atoms with E-state index < -0.39 is 5.92 Å². The van der Waals surface area contributed by atoms with Gasteiger partial charge in [-0.05, 0) is 36.8 Å². The van der Waals surface area contributed by atoms with E-state index in [0.29, 0.717) is 27.1 Å². The van der Waals surface area contributed by atoms with Gasteiger partial charge in [0.15, 0.2) is 0 Å². The van der Waals surface area contributed by atoms with Crippen LogP contribution >= 0.6 is 23.4 Å². The number of hydrogen-bond donors (Lipinski definition) is 2. The molecule has 2 aromatic rings. The van der Waals surface area contributed by atoms with Crippen LogP contribution in [0.2, 0.25) is 5.02 Å². The predicted octanol–water partition coefficient (Wildman–Crippen LogP) is 3.95. The summed E-state index contributed by atoms with van der Waals surface area (Å²) in [7, 11) is 0. The average Bonchev–Trinajstić information content (AvgIpc) is 3.17. The lowest BCUT2D eigenvalue weighted by atomic mass is 9.92. The van der Waals surface area contributed by atoms with Gasteiger partial charge in [-0.25, -0.2) is 0 Å². The Morgan fingerprint density at radius 1 is 1.48 bits per heavy atom. The maximum absolute atomic E-state index is 12.2. The van der Waals surface area contributed by atoms with Crippen LogP contribution in [0.15, 0.2) is 51.6 Å². The first-order valence-corrected chi connectivity index (χ1v) is 9.50. The second kappa shape index (κ2) is 8.33. The third-order valence-electron chi connectivity index (χ3n) is 4.05. The van der Waals surface area contributed by atoms with Gasteiger partial charge in [-0.1, -0.05) is 29.4 Å². The lowest BCUT2D eigenvalue weighted by Gasteiger charge is -2.23. The summed E-state index contributed by atoms with van der Waals surface area (Å²) in [4.78, 5) is 24.2. The molecule has 0 bridgehead atoms. The van der Waals surface area contributed by atoms with Crippen molar-refractivity contribution >= 4 is 40.9 Å². The highest BCUT2D eigenvalue weighted by Gasteiger charge is 2.31. The van der Waals surface area contributed by atoms with Crippen LogP contribution in [0.1, 0.15) is 23.7 Å². The molecule has 0 spiro atoms. The molecule has 1 aromatic heterocycles. The maximum Gasteiger partial charge on any atom is 0.234 e. The number of furan rings is 1. The molecule has 0 saturated heterocycles. The zero-order valence-electron chi connectivity index (χ0n) is 14.4. The van der Waals surface area contributed by atoms with Crippen molar-refractivity contribution in [3.05, 3.63) is 63.5 Å². The SMILES string of the molecule is Cc1ccc(NC(=O)CSC2=C(C#N)[C@H](c3ccco3)CC(=O)N2)cc1Cl. The zero-order chi connectivity index (χ0) is 19.4. The molecule has 1 aliphatic rings. The van der Waals surface area contributed by atoms with E-state index in [2.05, 4.69) is 16.7 Å². The second-order valence-electron chi connectivity index (χ2n) is 5.98. The molecule has 1 aliphatic heterocycles. The zero-order valence-corrected chi connectivity index (χ0v) is 16.0. The van der Waals surface area contributed by atoms with Crippen LogP contribution in [0.3, 0.4) is 0 Å². The number of hydrogen-bond acceptors (Lipinski definition) is 5. The first-order chi connectivity index (χ1) is 13.0. The summed E-state index contributed by atoms with van der Waals surface area (Å²) in [6.07, 6.45) is 1.64. The summed E-state index contributed by atoms with van der Waals surface area (Å²) < 4.78 is 5.36. The van der Waals surface area contributed by atoms with E-state index in [1.807, 2.05) is 13.0 Å². The fraction of sp³-hybridized carbons (Fsp3) is 0.211. The Hall–Kier alpha value is -2.69. The van der Waals surface area contributed by atoms with Gasteiger partial charge in [0, 0.05) is 17.1 Å². The molecule has 6 nitrogen and oxygen atoms in total. The summed E-state index contributed by atoms with van der Waals surface area (Å²) in [6, 6.07) is 10.8. The fourth-order valence-electron chi connectivity index (χ4n) is 2.67. The first-order valence-electron chi connectivity index (χ1n) is 8.14. The van der Waals surface area contributed by atoms with Crippen molar-refractivity contribution in [1.29, 1.82) is 5.26 Å². The lowest BCUT2D eigenvalue weighted by molar-refractivity contribution is -0.121. The molecule has 2 heterocycles. The average molecular weight is 402 g/mol. The first kappa shape index (κ1) is 19.1. The van der Waals surface area contributed by atoms with Crippen molar-refractivity contribution in [1.82, 2.24) is 5.32 Å². The van der Waals surface area contributed by atoms with E-state index in [0.717, 1.165) is 17.3 Å². The van der Waals surface area contributed by atoms with E-state index in [9.17, 15) is 14.9 Å². The number of benzene rings is 1. The van der Waals surface area contributed by atoms with Crippen molar-refractivity contribution in [2.75, 3.05) is 11.1 Å². The quantitative estimate of drug-likeness (QED) is 0.790. The number of carbonyl (C=O) groups is 2. The number of aryl methyl sites for hydroxylation is 1. The number of nitrogens with one attached hydrogen (secondary N) is 2. The summed E-state index contributed by atoms with van der Waals surface area (Å²) in [5, 5.41) is 15.9. The van der Waals surface area contributed by atoms with E-state index in [4.69, 9.17) is 16.0 Å². The van der Waals surface area contributed by atoms with Crippen molar-refractivity contribution in [3.63, 3.8) is 0 Å². The number of thioether (sulfide) groups is 1. The summed E-state index contributed by atoms with van der Waals surface area (Å²) in [5.41, 5.74) is 1.90. The Kier molecular flexibility index (Phi) is 5.89. The van der Waals surface area contributed by atoms with Crippen LogP contribution in [0, 0.1) is 18.3 Å². The van der Waals surface area contributed by atoms with Crippen molar-refractivity contribution in [2.24, 2.45) is 0 Å². The molecule has 1 aromatic carbocycles. The smallest absolute Gasteiger partial charge is 0.234 e. The van der Waals surface area contributed by atoms with Gasteiger partial charge in [-0.2, -0.15) is 5.26 Å². The standard InChI is InChI=1S/C19H16ClN3O3S/c1-11-4-5-12(7-15(11)20)22-18(25)10-27-19-14(9-21)13(8-17(24)23-19)16-3-2-6-26-16/h2-7,13H,8,10H2,1H3,(H,22,25)(H,23,24)/t13-/m1/s1. The number of rotatable bonds is 5. The molecule has 0 radical (unpaired) electrons. The lowest BCUT2D eigenvalue weighted by Crippen LogP contribution is -2.31. The molecule has 1 atom stereocenters. The molecule has 27 heavy (non-hydrogen) atoms. The molecule has 0 unspecified atom stereocenters. The summed E-state index contributed by atoms with van der Waals surface area (Å²) in [6.45, 7) is 1.88. The molecular formula is C19H16ClN3O3S. The highest BCUT2D eigenvalue weighted by Crippen LogP contribution is 2.36. The minimum absolute atomic E-state index is 0.0389. The fourth-order valence-corrected chi connectivity index (χ4v) is 3.73. The number of nitriles is 1. The Balaban J connectivity index is 1.71. The van der Waals surface area contributed by atoms with Gasteiger partial charge in [-0.15, -0.1) is 0 Å². The van der Waals surface area contributed by atoms with E-state index in [-0.39, 0.29) is 24.0 Å². The largest absolute Gasteiger partial charge is 0.469 e. The Labute approximate surface area is 165 Å². The van der Waals surface area contributed by atoms with E-state index in [1.165, 1.54) is 6.26 Å². The second-order valence-corrected chi connectivity index (χ2v) is 7.37. The van der Waals surface area contributed by atoms with E-state index in [1.54, 1.807) is 24.3 Å². The number of allylic oxidation sites excluding steroid dienone is 1. The van der Waals surface area contributed by atoms with Gasteiger partial charge in [0.2, 0.25) is 11.8 Å². The maximum atomic E-state index is 12.2. The van der Waals surface area contributed by atoms with Gasteiger partial charge in [-0.3, -0.25) is 9.59 Å². The molecule has 0 saturated carbocycles. The summed E-state index contributed by atoms with van der Waals surface area (Å²) in [5.74, 6) is -0.335. The van der Waals surface area contributed by atoms with Crippen LogP contribution in [0.25, 0.3) is 0 Å².